The topological polar surface area (TPSA) is 48.0 Å². The third-order valence-electron chi connectivity index (χ3n) is 13.6. The van der Waals surface area contributed by atoms with Gasteiger partial charge in [-0.15, -0.1) is 22.7 Å². The maximum atomic E-state index is 5.31. The van der Waals surface area contributed by atoms with Crippen molar-refractivity contribution in [2.75, 3.05) is 0 Å². The van der Waals surface area contributed by atoms with E-state index in [0.29, 0.717) is 17.5 Å². The summed E-state index contributed by atoms with van der Waals surface area (Å²) in [6, 6.07) is 59.7. The number of aromatic nitrogens is 5. The SMILES string of the molecule is c1ccc(-c2nc(-c3ccc4sc5ccccc5c4c3)nc(-c3ccc(-n4c5ccc6sc7ccc8c9cccc%10c%11ccc4c4c5c6c7c8n(c9%10)c%114)c4ccccc34)n2)cc1. The van der Waals surface area contributed by atoms with Crippen LogP contribution < -0.4 is 0 Å². The number of thiophene rings is 2. The highest BCUT2D eigenvalue weighted by molar-refractivity contribution is 7.26. The predicted octanol–water partition coefficient (Wildman–Crippen LogP) is 15.3. The first-order chi connectivity index (χ1) is 30.7. The molecule has 0 unspecified atom stereocenters. The number of fused-ring (bicyclic) bond motifs is 6. The number of hydrogen-bond acceptors (Lipinski definition) is 5. The highest BCUT2D eigenvalue weighted by Crippen LogP contribution is 2.53. The van der Waals surface area contributed by atoms with Crippen LogP contribution in [0.3, 0.4) is 0 Å². The van der Waals surface area contributed by atoms with Crippen LogP contribution in [0.4, 0.5) is 0 Å². The van der Waals surface area contributed by atoms with Crippen LogP contribution >= 0.6 is 22.7 Å². The third-order valence-corrected chi connectivity index (χ3v) is 15.9. The van der Waals surface area contributed by atoms with Gasteiger partial charge in [0, 0.05) is 94.7 Å². The maximum Gasteiger partial charge on any atom is 0.164 e. The highest BCUT2D eigenvalue weighted by atomic mass is 32.1. The number of nitrogens with zero attached hydrogens (tertiary/aromatic N) is 5. The molecule has 5 nitrogen and oxygen atoms in total. The largest absolute Gasteiger partial charge is 0.309 e. The molecule has 0 saturated carbocycles. The molecule has 62 heavy (non-hydrogen) atoms. The van der Waals surface area contributed by atoms with Crippen LogP contribution in [0.5, 0.6) is 0 Å². The standard InChI is InChI=1S/C55H27N5S2/c1-2-9-28(10-3-1)53-56-54(29-17-24-43-38(27-29)32-13-6-7-16-42(32)61-43)58-55(57-53)37-19-21-39(31-12-5-4-11-30(31)37)59-40-23-26-44-48-46(40)47-41(59)22-18-35-33-14-8-15-34-36-20-25-45(62-44)49(48)52(36)60(50(33)34)51(35)47/h1-27H. The number of hydrogen-bond donors (Lipinski definition) is 0. The van der Waals surface area contributed by atoms with Crippen molar-refractivity contribution in [1.29, 1.82) is 0 Å². The van der Waals surface area contributed by atoms with Crippen molar-refractivity contribution in [3.63, 3.8) is 0 Å². The lowest BCUT2D eigenvalue weighted by Gasteiger charge is -2.15. The van der Waals surface area contributed by atoms with Gasteiger partial charge in [-0.05, 0) is 66.0 Å². The number of rotatable bonds is 4. The summed E-state index contributed by atoms with van der Waals surface area (Å²) in [5.74, 6) is 1.96. The van der Waals surface area contributed by atoms with Gasteiger partial charge in [0.1, 0.15) is 0 Å². The summed E-state index contributed by atoms with van der Waals surface area (Å²) < 4.78 is 10.3. The van der Waals surface area contributed by atoms with Crippen LogP contribution in [-0.4, -0.2) is 23.9 Å². The van der Waals surface area contributed by atoms with Crippen molar-refractivity contribution in [2.24, 2.45) is 0 Å². The van der Waals surface area contributed by atoms with Gasteiger partial charge in [-0.2, -0.15) is 0 Å². The van der Waals surface area contributed by atoms with Crippen molar-refractivity contribution in [3.8, 4) is 39.9 Å². The van der Waals surface area contributed by atoms with E-state index >= 15 is 0 Å². The molecule has 16 aromatic rings. The van der Waals surface area contributed by atoms with E-state index in [1.165, 1.54) is 100 Å². The summed E-state index contributed by atoms with van der Waals surface area (Å²) >= 11 is 3.73. The Labute approximate surface area is 359 Å². The van der Waals surface area contributed by atoms with Crippen molar-refractivity contribution in [2.45, 2.75) is 0 Å². The molecule has 7 heterocycles. The average molecular weight is 822 g/mol. The van der Waals surface area contributed by atoms with Gasteiger partial charge < -0.3 is 8.97 Å². The normalized spacial score (nSPS) is 12.8. The number of benzene rings is 9. The van der Waals surface area contributed by atoms with Gasteiger partial charge in [0.15, 0.2) is 17.5 Å². The molecule has 0 bridgehead atoms. The highest BCUT2D eigenvalue weighted by Gasteiger charge is 2.29. The molecule has 0 aliphatic heterocycles. The Hall–Kier alpha value is -7.71. The van der Waals surface area contributed by atoms with Crippen molar-refractivity contribution in [3.05, 3.63) is 164 Å². The van der Waals surface area contributed by atoms with E-state index in [1.807, 2.05) is 40.9 Å². The van der Waals surface area contributed by atoms with Crippen LogP contribution in [0.15, 0.2) is 164 Å². The van der Waals surface area contributed by atoms with E-state index < -0.39 is 0 Å². The monoisotopic (exact) mass is 821 g/mol. The fraction of sp³-hybridized carbons (Fsp3) is 0. The second kappa shape index (κ2) is 11.2. The Morgan fingerprint density at radius 3 is 1.81 bits per heavy atom. The Balaban J connectivity index is 0.977. The summed E-state index contributed by atoms with van der Waals surface area (Å²) in [5.41, 5.74) is 10.5. The first-order valence-electron chi connectivity index (χ1n) is 20.9. The van der Waals surface area contributed by atoms with Crippen LogP contribution in [-0.2, 0) is 0 Å². The Morgan fingerprint density at radius 2 is 0.935 bits per heavy atom. The lowest BCUT2D eigenvalue weighted by molar-refractivity contribution is 1.08. The van der Waals surface area contributed by atoms with Gasteiger partial charge in [-0.1, -0.05) is 103 Å². The van der Waals surface area contributed by atoms with Crippen molar-refractivity contribution >= 4 is 134 Å². The van der Waals surface area contributed by atoms with Crippen LogP contribution in [0, 0.1) is 0 Å². The molecule has 7 heteroatoms. The Kier molecular flexibility index (Phi) is 5.78. The summed E-state index contributed by atoms with van der Waals surface area (Å²) in [4.78, 5) is 15.7. The minimum atomic E-state index is 0.652. The lowest BCUT2D eigenvalue weighted by Crippen LogP contribution is -2.01. The maximum absolute atomic E-state index is 5.31. The molecule has 0 aliphatic rings. The first-order valence-corrected chi connectivity index (χ1v) is 22.6. The molecule has 0 fully saturated rings. The second-order valence-electron chi connectivity index (χ2n) is 16.7. The zero-order valence-corrected chi connectivity index (χ0v) is 34.3. The quantitative estimate of drug-likeness (QED) is 0.178. The molecule has 0 saturated heterocycles. The predicted molar refractivity (Wildman–Crippen MR) is 262 cm³/mol. The summed E-state index contributed by atoms with van der Waals surface area (Å²) in [6.07, 6.45) is 0. The van der Waals surface area contributed by atoms with E-state index in [2.05, 4.69) is 155 Å². The molecule has 0 amide bonds. The molecular weight excluding hydrogens is 795 g/mol. The van der Waals surface area contributed by atoms with Gasteiger partial charge in [-0.3, -0.25) is 0 Å². The van der Waals surface area contributed by atoms with Crippen molar-refractivity contribution in [1.82, 2.24) is 23.9 Å². The summed E-state index contributed by atoms with van der Waals surface area (Å²) in [5, 5.41) is 15.4. The lowest BCUT2D eigenvalue weighted by atomic mass is 10.0. The Morgan fingerprint density at radius 1 is 0.339 bits per heavy atom. The van der Waals surface area contributed by atoms with E-state index in [9.17, 15) is 0 Å². The van der Waals surface area contributed by atoms with Gasteiger partial charge in [-0.25, -0.2) is 15.0 Å². The molecule has 284 valence electrons. The van der Waals surface area contributed by atoms with Crippen LogP contribution in [0.2, 0.25) is 0 Å². The first kappa shape index (κ1) is 32.1. The smallest absolute Gasteiger partial charge is 0.164 e. The zero-order valence-electron chi connectivity index (χ0n) is 32.6. The average Bonchev–Trinajstić information content (AvgIpc) is 4.12. The van der Waals surface area contributed by atoms with Gasteiger partial charge in [0.25, 0.3) is 0 Å². The molecule has 0 atom stereocenters. The molecule has 0 radical (unpaired) electrons. The van der Waals surface area contributed by atoms with E-state index in [1.54, 1.807) is 0 Å². The van der Waals surface area contributed by atoms with Gasteiger partial charge >= 0.3 is 0 Å². The number of para-hydroxylation sites is 1. The van der Waals surface area contributed by atoms with Crippen LogP contribution in [0.1, 0.15) is 0 Å². The molecule has 16 rings (SSSR count). The van der Waals surface area contributed by atoms with Gasteiger partial charge in [0.2, 0.25) is 0 Å². The van der Waals surface area contributed by atoms with E-state index in [0.717, 1.165) is 33.2 Å². The molecule has 0 aliphatic carbocycles. The molecule has 0 spiro atoms. The molecular formula is C55H27N5S2. The second-order valence-corrected chi connectivity index (χ2v) is 18.8. The van der Waals surface area contributed by atoms with Crippen LogP contribution in [0.25, 0.3) is 151 Å². The fourth-order valence-electron chi connectivity index (χ4n) is 11.1. The zero-order chi connectivity index (χ0) is 39.9. The van der Waals surface area contributed by atoms with Crippen molar-refractivity contribution < 1.29 is 0 Å². The Bertz CT molecular complexity index is 4510. The summed E-state index contributed by atoms with van der Waals surface area (Å²) in [6.45, 7) is 0. The molecule has 9 aromatic carbocycles. The van der Waals surface area contributed by atoms with Gasteiger partial charge in [0.05, 0.1) is 33.3 Å². The summed E-state index contributed by atoms with van der Waals surface area (Å²) in [7, 11) is 0. The third kappa shape index (κ3) is 3.84. The molecule has 0 N–H and O–H groups in total. The molecule has 7 aromatic heterocycles. The minimum absolute atomic E-state index is 0.652. The minimum Gasteiger partial charge on any atom is -0.309 e. The van der Waals surface area contributed by atoms with E-state index in [4.69, 9.17) is 15.0 Å². The fourth-order valence-corrected chi connectivity index (χ4v) is 13.3. The van der Waals surface area contributed by atoms with E-state index in [-0.39, 0.29) is 0 Å².